The number of nitrogens with zero attached hydrogens (tertiary/aromatic N) is 2. The SMILES string of the molecule is COc1cc(CC(=O)CCC2CCCCC2)ncn1. The summed E-state index contributed by atoms with van der Waals surface area (Å²) >= 11 is 0. The van der Waals surface area contributed by atoms with E-state index in [0.717, 1.165) is 18.0 Å². The largest absolute Gasteiger partial charge is 0.481 e. The summed E-state index contributed by atoms with van der Waals surface area (Å²) in [4.78, 5) is 20.0. The van der Waals surface area contributed by atoms with Gasteiger partial charge in [-0.15, -0.1) is 0 Å². The highest BCUT2D eigenvalue weighted by atomic mass is 16.5. The van der Waals surface area contributed by atoms with Crippen molar-refractivity contribution in [2.24, 2.45) is 5.92 Å². The number of ketones is 1. The number of hydrogen-bond donors (Lipinski definition) is 0. The highest BCUT2D eigenvalue weighted by molar-refractivity contribution is 5.80. The summed E-state index contributed by atoms with van der Waals surface area (Å²) in [5.41, 5.74) is 0.750. The first-order valence-corrected chi connectivity index (χ1v) is 7.14. The molecule has 0 N–H and O–H groups in total. The van der Waals surface area contributed by atoms with Gasteiger partial charge in [-0.3, -0.25) is 4.79 Å². The minimum Gasteiger partial charge on any atom is -0.481 e. The summed E-state index contributed by atoms with van der Waals surface area (Å²) in [6.45, 7) is 0. The Bertz CT molecular complexity index is 414. The van der Waals surface area contributed by atoms with Crippen LogP contribution in [0.3, 0.4) is 0 Å². The van der Waals surface area contributed by atoms with Crippen LogP contribution in [0, 0.1) is 5.92 Å². The molecular formula is C15H22N2O2. The number of hydrogen-bond acceptors (Lipinski definition) is 4. The number of methoxy groups -OCH3 is 1. The van der Waals surface area contributed by atoms with Gasteiger partial charge in [0.2, 0.25) is 5.88 Å². The van der Waals surface area contributed by atoms with Crippen molar-refractivity contribution in [3.8, 4) is 5.88 Å². The Morgan fingerprint density at radius 1 is 1.32 bits per heavy atom. The molecule has 0 spiro atoms. The first kappa shape index (κ1) is 14.0. The number of aromatic nitrogens is 2. The van der Waals surface area contributed by atoms with E-state index in [1.54, 1.807) is 13.2 Å². The van der Waals surface area contributed by atoms with Crippen molar-refractivity contribution in [2.45, 2.75) is 51.4 Å². The van der Waals surface area contributed by atoms with E-state index in [4.69, 9.17) is 4.74 Å². The van der Waals surface area contributed by atoms with Crippen LogP contribution in [0.25, 0.3) is 0 Å². The number of carbonyl (C=O) groups excluding carboxylic acids is 1. The lowest BCUT2D eigenvalue weighted by molar-refractivity contribution is -0.118. The fourth-order valence-corrected chi connectivity index (χ4v) is 2.72. The number of Topliss-reactive ketones (excluding diaryl/α,β-unsaturated/α-hetero) is 1. The summed E-state index contributed by atoms with van der Waals surface area (Å²) in [5.74, 6) is 1.55. The van der Waals surface area contributed by atoms with Crippen molar-refractivity contribution in [3.05, 3.63) is 18.1 Å². The second kappa shape index (κ2) is 7.22. The summed E-state index contributed by atoms with van der Waals surface area (Å²) < 4.78 is 5.03. The maximum Gasteiger partial charge on any atom is 0.216 e. The van der Waals surface area contributed by atoms with Crippen molar-refractivity contribution in [3.63, 3.8) is 0 Å². The minimum absolute atomic E-state index is 0.270. The van der Waals surface area contributed by atoms with Gasteiger partial charge >= 0.3 is 0 Å². The Kier molecular flexibility index (Phi) is 5.31. The zero-order valence-electron chi connectivity index (χ0n) is 11.6. The molecule has 1 aliphatic rings. The summed E-state index contributed by atoms with van der Waals surface area (Å²) in [6.07, 6.45) is 10.2. The van der Waals surface area contributed by atoms with E-state index in [-0.39, 0.29) is 5.78 Å². The van der Waals surface area contributed by atoms with E-state index in [1.165, 1.54) is 38.4 Å². The average molecular weight is 262 g/mol. The van der Waals surface area contributed by atoms with Crippen LogP contribution < -0.4 is 4.74 Å². The summed E-state index contributed by atoms with van der Waals surface area (Å²) in [6, 6.07) is 1.73. The van der Waals surface area contributed by atoms with Crippen molar-refractivity contribution >= 4 is 5.78 Å². The van der Waals surface area contributed by atoms with Crippen molar-refractivity contribution < 1.29 is 9.53 Å². The molecule has 0 aliphatic heterocycles. The standard InChI is InChI=1S/C15H22N2O2/c1-19-15-10-13(16-11-17-15)9-14(18)8-7-12-5-3-2-4-6-12/h10-12H,2-9H2,1H3. The fourth-order valence-electron chi connectivity index (χ4n) is 2.72. The highest BCUT2D eigenvalue weighted by Crippen LogP contribution is 2.27. The molecule has 4 heteroatoms. The molecule has 0 saturated heterocycles. The molecule has 0 atom stereocenters. The highest BCUT2D eigenvalue weighted by Gasteiger charge is 2.15. The molecular weight excluding hydrogens is 240 g/mol. The van der Waals surface area contributed by atoms with Crippen LogP contribution in [0.5, 0.6) is 5.88 Å². The van der Waals surface area contributed by atoms with Gasteiger partial charge in [-0.1, -0.05) is 32.1 Å². The maximum atomic E-state index is 12.0. The predicted molar refractivity (Wildman–Crippen MR) is 73.1 cm³/mol. The molecule has 1 saturated carbocycles. The van der Waals surface area contributed by atoms with Crippen LogP contribution in [0.1, 0.15) is 50.6 Å². The molecule has 1 aliphatic carbocycles. The van der Waals surface area contributed by atoms with Gasteiger partial charge in [0.25, 0.3) is 0 Å². The van der Waals surface area contributed by atoms with Gasteiger partial charge in [0.05, 0.1) is 12.8 Å². The third-order valence-corrected chi connectivity index (χ3v) is 3.84. The Hall–Kier alpha value is -1.45. The van der Waals surface area contributed by atoms with Crippen molar-refractivity contribution in [2.75, 3.05) is 7.11 Å². The van der Waals surface area contributed by atoms with Gasteiger partial charge in [0.1, 0.15) is 12.1 Å². The van der Waals surface area contributed by atoms with Gasteiger partial charge in [0.15, 0.2) is 0 Å². The van der Waals surface area contributed by atoms with Gasteiger partial charge in [0, 0.05) is 18.9 Å². The molecule has 1 aromatic heterocycles. The van der Waals surface area contributed by atoms with Gasteiger partial charge < -0.3 is 4.74 Å². The number of carbonyl (C=O) groups is 1. The molecule has 2 rings (SSSR count). The van der Waals surface area contributed by atoms with Crippen LogP contribution in [-0.2, 0) is 11.2 Å². The van der Waals surface area contributed by atoms with Crippen LogP contribution in [-0.4, -0.2) is 22.9 Å². The van der Waals surface area contributed by atoms with E-state index >= 15 is 0 Å². The van der Waals surface area contributed by atoms with Gasteiger partial charge in [-0.25, -0.2) is 9.97 Å². The molecule has 0 amide bonds. The lowest BCUT2D eigenvalue weighted by Crippen LogP contribution is -2.11. The molecule has 1 aromatic rings. The average Bonchev–Trinajstić information content (AvgIpc) is 2.46. The second-order valence-corrected chi connectivity index (χ2v) is 5.31. The topological polar surface area (TPSA) is 52.1 Å². The first-order valence-electron chi connectivity index (χ1n) is 7.14. The Labute approximate surface area is 114 Å². The minimum atomic E-state index is 0.270. The lowest BCUT2D eigenvalue weighted by atomic mass is 9.85. The quantitative estimate of drug-likeness (QED) is 0.791. The van der Waals surface area contributed by atoms with Crippen LogP contribution in [0.15, 0.2) is 12.4 Å². The van der Waals surface area contributed by atoms with E-state index in [1.807, 2.05) is 0 Å². The third-order valence-electron chi connectivity index (χ3n) is 3.84. The number of rotatable bonds is 6. The van der Waals surface area contributed by atoms with Crippen molar-refractivity contribution in [1.82, 2.24) is 9.97 Å². The monoisotopic (exact) mass is 262 g/mol. The lowest BCUT2D eigenvalue weighted by Gasteiger charge is -2.20. The maximum absolute atomic E-state index is 12.0. The van der Waals surface area contributed by atoms with Crippen LogP contribution in [0.2, 0.25) is 0 Å². The zero-order valence-corrected chi connectivity index (χ0v) is 11.6. The predicted octanol–water partition coefficient (Wildman–Crippen LogP) is 2.96. The summed E-state index contributed by atoms with van der Waals surface area (Å²) in [7, 11) is 1.57. The molecule has 1 fully saturated rings. The van der Waals surface area contributed by atoms with Crippen molar-refractivity contribution in [1.29, 1.82) is 0 Å². The number of ether oxygens (including phenoxy) is 1. The fraction of sp³-hybridized carbons (Fsp3) is 0.667. The van der Waals surface area contributed by atoms with E-state index in [0.29, 0.717) is 18.7 Å². The molecule has 0 unspecified atom stereocenters. The van der Waals surface area contributed by atoms with E-state index in [2.05, 4.69) is 9.97 Å². The Morgan fingerprint density at radius 2 is 2.11 bits per heavy atom. The Morgan fingerprint density at radius 3 is 2.84 bits per heavy atom. The third kappa shape index (κ3) is 4.62. The first-order chi connectivity index (χ1) is 9.28. The Balaban J connectivity index is 1.76. The van der Waals surface area contributed by atoms with E-state index < -0.39 is 0 Å². The van der Waals surface area contributed by atoms with Crippen LogP contribution in [0.4, 0.5) is 0 Å². The van der Waals surface area contributed by atoms with Crippen LogP contribution >= 0.6 is 0 Å². The molecule has 19 heavy (non-hydrogen) atoms. The molecule has 4 nitrogen and oxygen atoms in total. The molecule has 1 heterocycles. The zero-order chi connectivity index (χ0) is 13.5. The second-order valence-electron chi connectivity index (χ2n) is 5.31. The molecule has 0 bridgehead atoms. The van der Waals surface area contributed by atoms with Gasteiger partial charge in [-0.05, 0) is 12.3 Å². The van der Waals surface area contributed by atoms with E-state index in [9.17, 15) is 4.79 Å². The molecule has 0 radical (unpaired) electrons. The van der Waals surface area contributed by atoms with Gasteiger partial charge in [-0.2, -0.15) is 0 Å². The smallest absolute Gasteiger partial charge is 0.216 e. The summed E-state index contributed by atoms with van der Waals surface area (Å²) in [5, 5.41) is 0. The molecule has 104 valence electrons. The molecule has 0 aromatic carbocycles. The normalized spacial score (nSPS) is 16.3.